The number of carbonyl (C=O) groups is 1. The van der Waals surface area contributed by atoms with Gasteiger partial charge in [-0.15, -0.1) is 0 Å². The molecule has 0 aliphatic rings. The van der Waals surface area contributed by atoms with Crippen LogP contribution in [0.3, 0.4) is 0 Å². The third-order valence-corrected chi connectivity index (χ3v) is 3.52. The number of nitrogens with two attached hydrogens (primary N) is 1. The molecule has 1 amide bonds. The smallest absolute Gasteiger partial charge is 0.223 e. The number of hydrogen-bond donors (Lipinski definition) is 2. The monoisotopic (exact) mass is 283 g/mol. The molecule has 1 rings (SSSR count). The predicted molar refractivity (Wildman–Crippen MR) is 79.1 cm³/mol. The fraction of sp³-hybridized carbons (Fsp3) is 0.500. The van der Waals surface area contributed by atoms with Crippen LogP contribution in [0, 0.1) is 5.92 Å². The quantitative estimate of drug-likeness (QED) is 0.835. The topological polar surface area (TPSA) is 58.4 Å². The maximum absolute atomic E-state index is 11.6. The van der Waals surface area contributed by atoms with E-state index >= 15 is 0 Å². The van der Waals surface area contributed by atoms with Crippen molar-refractivity contribution in [3.63, 3.8) is 0 Å². The molecule has 0 saturated heterocycles. The summed E-state index contributed by atoms with van der Waals surface area (Å²) in [5, 5.41) is 3.37. The van der Waals surface area contributed by atoms with Gasteiger partial charge in [-0.1, -0.05) is 30.7 Å². The van der Waals surface area contributed by atoms with Crippen molar-refractivity contribution in [2.75, 3.05) is 27.2 Å². The summed E-state index contributed by atoms with van der Waals surface area (Å²) >= 11 is 5.89. The lowest BCUT2D eigenvalue weighted by Crippen LogP contribution is -2.38. The molecule has 1 aromatic carbocycles. The van der Waals surface area contributed by atoms with Gasteiger partial charge in [0.25, 0.3) is 0 Å². The minimum Gasteiger partial charge on any atom is -0.359 e. The lowest BCUT2D eigenvalue weighted by atomic mass is 10.0. The highest BCUT2D eigenvalue weighted by Gasteiger charge is 2.20. The molecule has 0 aliphatic carbocycles. The molecule has 2 atom stereocenters. The molecule has 0 bridgehead atoms. The summed E-state index contributed by atoms with van der Waals surface area (Å²) in [6.07, 6.45) is 0. The zero-order valence-corrected chi connectivity index (χ0v) is 12.4. The number of benzene rings is 1. The van der Waals surface area contributed by atoms with Crippen LogP contribution in [0.2, 0.25) is 5.02 Å². The van der Waals surface area contributed by atoms with Gasteiger partial charge in [0.1, 0.15) is 0 Å². The number of carbonyl (C=O) groups excluding carboxylic acids is 1. The van der Waals surface area contributed by atoms with Crippen LogP contribution in [0.4, 0.5) is 0 Å². The third kappa shape index (κ3) is 4.49. The summed E-state index contributed by atoms with van der Waals surface area (Å²) in [5.74, 6) is -0.0323. The van der Waals surface area contributed by atoms with Gasteiger partial charge in [0.05, 0.1) is 0 Å². The van der Waals surface area contributed by atoms with Crippen LogP contribution in [0.25, 0.3) is 0 Å². The Kier molecular flexibility index (Phi) is 6.28. The molecule has 0 aromatic heterocycles. The highest BCUT2D eigenvalue weighted by molar-refractivity contribution is 6.30. The van der Waals surface area contributed by atoms with Crippen molar-refractivity contribution < 1.29 is 4.79 Å². The van der Waals surface area contributed by atoms with Crippen LogP contribution in [0.15, 0.2) is 24.3 Å². The second-order valence-electron chi connectivity index (χ2n) is 4.76. The maximum atomic E-state index is 11.6. The Morgan fingerprint density at radius 3 is 2.47 bits per heavy atom. The molecular formula is C14H22ClN3O. The fourth-order valence-corrected chi connectivity index (χ4v) is 2.27. The van der Waals surface area contributed by atoms with E-state index in [-0.39, 0.29) is 17.9 Å². The molecule has 4 nitrogen and oxygen atoms in total. The molecule has 1 aromatic rings. The largest absolute Gasteiger partial charge is 0.359 e. The molecule has 0 spiro atoms. The molecule has 2 unspecified atom stereocenters. The summed E-state index contributed by atoms with van der Waals surface area (Å²) in [6.45, 7) is 3.06. The number of nitrogens with zero attached hydrogens (tertiary/aromatic N) is 1. The van der Waals surface area contributed by atoms with E-state index in [1.807, 2.05) is 38.2 Å². The van der Waals surface area contributed by atoms with Gasteiger partial charge in [-0.2, -0.15) is 0 Å². The number of hydrogen-bond acceptors (Lipinski definition) is 3. The van der Waals surface area contributed by atoms with Crippen molar-refractivity contribution in [2.45, 2.75) is 13.0 Å². The van der Waals surface area contributed by atoms with Gasteiger partial charge >= 0.3 is 0 Å². The van der Waals surface area contributed by atoms with Gasteiger partial charge < -0.3 is 11.1 Å². The van der Waals surface area contributed by atoms with E-state index in [1.165, 1.54) is 0 Å². The van der Waals surface area contributed by atoms with Gasteiger partial charge in [0.15, 0.2) is 0 Å². The highest BCUT2D eigenvalue weighted by atomic mass is 35.5. The average molecular weight is 284 g/mol. The van der Waals surface area contributed by atoms with E-state index in [9.17, 15) is 4.79 Å². The first-order valence-electron chi connectivity index (χ1n) is 6.37. The number of halogens is 1. The first-order chi connectivity index (χ1) is 8.99. The molecular weight excluding hydrogens is 262 g/mol. The summed E-state index contributed by atoms with van der Waals surface area (Å²) < 4.78 is 0. The Labute approximate surface area is 119 Å². The Morgan fingerprint density at radius 2 is 2.00 bits per heavy atom. The first-order valence-corrected chi connectivity index (χ1v) is 6.74. The van der Waals surface area contributed by atoms with Gasteiger partial charge in [0.2, 0.25) is 5.91 Å². The fourth-order valence-electron chi connectivity index (χ4n) is 2.14. The van der Waals surface area contributed by atoms with E-state index < -0.39 is 0 Å². The van der Waals surface area contributed by atoms with Crippen LogP contribution in [0.1, 0.15) is 18.5 Å². The molecule has 0 aliphatic heterocycles. The zero-order valence-electron chi connectivity index (χ0n) is 11.7. The van der Waals surface area contributed by atoms with Gasteiger partial charge in [-0.05, 0) is 24.7 Å². The summed E-state index contributed by atoms with van der Waals surface area (Å²) in [5.41, 5.74) is 6.96. The Bertz CT molecular complexity index is 408. The van der Waals surface area contributed by atoms with E-state index in [4.69, 9.17) is 17.3 Å². The number of rotatable bonds is 6. The van der Waals surface area contributed by atoms with Crippen LogP contribution in [-0.4, -0.2) is 38.0 Å². The minimum absolute atomic E-state index is 0.0405. The summed E-state index contributed by atoms with van der Waals surface area (Å²) in [6, 6.07) is 7.75. The Balaban J connectivity index is 2.74. The first kappa shape index (κ1) is 16.0. The van der Waals surface area contributed by atoms with Crippen molar-refractivity contribution in [3.05, 3.63) is 34.9 Å². The number of likely N-dealkylation sites (N-methyl/N-ethyl adjacent to an activating group) is 1. The minimum atomic E-state index is -0.0728. The molecule has 5 heteroatoms. The molecule has 3 N–H and O–H groups in total. The second kappa shape index (κ2) is 7.48. The van der Waals surface area contributed by atoms with Crippen molar-refractivity contribution in [3.8, 4) is 0 Å². The predicted octanol–water partition coefficient (Wildman–Crippen LogP) is 1.65. The van der Waals surface area contributed by atoms with Gasteiger partial charge in [-0.25, -0.2) is 0 Å². The zero-order chi connectivity index (χ0) is 14.4. The maximum Gasteiger partial charge on any atom is 0.223 e. The molecule has 0 radical (unpaired) electrons. The van der Waals surface area contributed by atoms with Gasteiger partial charge in [0, 0.05) is 37.1 Å². The van der Waals surface area contributed by atoms with Crippen LogP contribution in [-0.2, 0) is 4.79 Å². The number of amides is 1. The Hall–Kier alpha value is -1.10. The third-order valence-electron chi connectivity index (χ3n) is 3.27. The van der Waals surface area contributed by atoms with Crippen LogP contribution >= 0.6 is 11.6 Å². The number of nitrogens with one attached hydrogen (secondary N) is 1. The summed E-state index contributed by atoms with van der Waals surface area (Å²) in [7, 11) is 3.63. The Morgan fingerprint density at radius 1 is 1.42 bits per heavy atom. The molecule has 0 heterocycles. The van der Waals surface area contributed by atoms with E-state index in [0.29, 0.717) is 18.1 Å². The molecule has 0 fully saturated rings. The molecule has 19 heavy (non-hydrogen) atoms. The highest BCUT2D eigenvalue weighted by Crippen LogP contribution is 2.21. The van der Waals surface area contributed by atoms with Gasteiger partial charge in [-0.3, -0.25) is 9.69 Å². The van der Waals surface area contributed by atoms with E-state index in [0.717, 1.165) is 5.56 Å². The average Bonchev–Trinajstić information content (AvgIpc) is 2.40. The molecule has 0 saturated carbocycles. The lowest BCUT2D eigenvalue weighted by Gasteiger charge is -2.29. The molecule has 106 valence electrons. The van der Waals surface area contributed by atoms with Crippen LogP contribution < -0.4 is 11.1 Å². The normalized spacial score (nSPS) is 14.2. The van der Waals surface area contributed by atoms with Crippen molar-refractivity contribution in [1.82, 2.24) is 10.2 Å². The SMILES string of the molecule is CNC(=O)C(C)CN(C)C(CN)c1ccc(Cl)cc1. The summed E-state index contributed by atoms with van der Waals surface area (Å²) in [4.78, 5) is 13.7. The second-order valence-corrected chi connectivity index (χ2v) is 5.19. The standard InChI is InChI=1S/C14H22ClN3O/c1-10(14(19)17-2)9-18(3)13(8-16)11-4-6-12(15)7-5-11/h4-7,10,13H,8-9,16H2,1-3H3,(H,17,19). The van der Waals surface area contributed by atoms with Crippen molar-refractivity contribution in [2.24, 2.45) is 11.7 Å². The lowest BCUT2D eigenvalue weighted by molar-refractivity contribution is -0.124. The van der Waals surface area contributed by atoms with Crippen molar-refractivity contribution >= 4 is 17.5 Å². The van der Waals surface area contributed by atoms with Crippen LogP contribution in [0.5, 0.6) is 0 Å². The van der Waals surface area contributed by atoms with E-state index in [2.05, 4.69) is 10.2 Å². The van der Waals surface area contributed by atoms with Crippen molar-refractivity contribution in [1.29, 1.82) is 0 Å². The van der Waals surface area contributed by atoms with E-state index in [1.54, 1.807) is 7.05 Å².